The normalized spacial score (nSPS) is 12.6. The van der Waals surface area contributed by atoms with Crippen LogP contribution >= 0.6 is 23.2 Å². The molecule has 0 aromatic heterocycles. The first kappa shape index (κ1) is 20.7. The summed E-state index contributed by atoms with van der Waals surface area (Å²) in [5.74, 6) is -0.391. The van der Waals surface area contributed by atoms with Crippen LogP contribution in [0.4, 0.5) is 0 Å². The summed E-state index contributed by atoms with van der Waals surface area (Å²) in [4.78, 5) is 12.3. The average molecular weight is 415 g/mol. The Hall–Kier alpha value is -1.60. The van der Waals surface area contributed by atoms with Crippen LogP contribution in [-0.2, 0) is 21.2 Å². The van der Waals surface area contributed by atoms with Crippen LogP contribution in [0.3, 0.4) is 0 Å². The molecule has 0 aliphatic carbocycles. The highest BCUT2D eigenvalue weighted by Gasteiger charge is 2.27. The Morgan fingerprint density at radius 2 is 1.81 bits per heavy atom. The molecule has 0 aliphatic rings. The number of carbonyl (C=O) groups is 1. The second-order valence-electron chi connectivity index (χ2n) is 5.73. The summed E-state index contributed by atoms with van der Waals surface area (Å²) >= 11 is 11.9. The largest absolute Gasteiger partial charge is 0.355 e. The number of sulfonamides is 1. The maximum absolute atomic E-state index is 12.7. The zero-order valence-electron chi connectivity index (χ0n) is 14.2. The number of benzene rings is 2. The number of carbonyl (C=O) groups excluding carboxylic acids is 1. The minimum atomic E-state index is -4.03. The highest BCUT2D eigenvalue weighted by atomic mass is 35.5. The molecule has 2 rings (SSSR count). The van der Waals surface area contributed by atoms with Gasteiger partial charge in [0.05, 0.1) is 5.02 Å². The fourth-order valence-corrected chi connectivity index (χ4v) is 4.30. The summed E-state index contributed by atoms with van der Waals surface area (Å²) in [6.45, 7) is 2.38. The Kier molecular flexibility index (Phi) is 7.46. The van der Waals surface area contributed by atoms with Crippen molar-refractivity contribution < 1.29 is 13.2 Å². The predicted octanol–water partition coefficient (Wildman–Crippen LogP) is 3.41. The number of hydrogen-bond acceptors (Lipinski definition) is 3. The van der Waals surface area contributed by atoms with Crippen molar-refractivity contribution in [3.8, 4) is 0 Å². The van der Waals surface area contributed by atoms with E-state index in [9.17, 15) is 13.2 Å². The van der Waals surface area contributed by atoms with Gasteiger partial charge < -0.3 is 5.32 Å². The minimum Gasteiger partial charge on any atom is -0.355 e. The third-order valence-electron chi connectivity index (χ3n) is 3.63. The van der Waals surface area contributed by atoms with E-state index in [0.717, 1.165) is 12.0 Å². The molecule has 0 fully saturated rings. The first-order valence-corrected chi connectivity index (χ1v) is 10.4. The topological polar surface area (TPSA) is 75.3 Å². The third kappa shape index (κ3) is 5.71. The molecule has 26 heavy (non-hydrogen) atoms. The fourth-order valence-electron chi connectivity index (χ4n) is 2.34. The lowest BCUT2D eigenvalue weighted by Gasteiger charge is -2.19. The van der Waals surface area contributed by atoms with E-state index in [2.05, 4.69) is 10.0 Å². The van der Waals surface area contributed by atoms with Crippen LogP contribution in [-0.4, -0.2) is 26.9 Å². The molecule has 2 aromatic carbocycles. The molecular weight excluding hydrogens is 395 g/mol. The van der Waals surface area contributed by atoms with Crippen LogP contribution in [0.5, 0.6) is 0 Å². The number of amides is 1. The van der Waals surface area contributed by atoms with Gasteiger partial charge in [-0.2, -0.15) is 4.72 Å². The summed E-state index contributed by atoms with van der Waals surface area (Å²) in [5.41, 5.74) is 0.837. The molecule has 0 saturated heterocycles. The number of nitrogens with one attached hydrogen (secondary N) is 2. The Labute approximate surface area is 163 Å². The lowest BCUT2D eigenvalue weighted by atomic mass is 10.1. The van der Waals surface area contributed by atoms with Crippen molar-refractivity contribution in [2.24, 2.45) is 0 Å². The van der Waals surface area contributed by atoms with Gasteiger partial charge in [0.1, 0.15) is 10.9 Å². The Bertz CT molecular complexity index is 858. The number of halogens is 2. The van der Waals surface area contributed by atoms with Crippen LogP contribution < -0.4 is 10.0 Å². The molecule has 8 heteroatoms. The first-order valence-electron chi connectivity index (χ1n) is 8.12. The van der Waals surface area contributed by atoms with Crippen molar-refractivity contribution in [3.05, 3.63) is 64.1 Å². The summed E-state index contributed by atoms with van der Waals surface area (Å²) in [6.07, 6.45) is 0.963. The van der Waals surface area contributed by atoms with Gasteiger partial charge >= 0.3 is 0 Å². The van der Waals surface area contributed by atoms with Crippen LogP contribution in [0, 0.1) is 0 Å². The molecule has 0 radical (unpaired) electrons. The Balaban J connectivity index is 2.29. The molecule has 0 unspecified atom stereocenters. The van der Waals surface area contributed by atoms with Gasteiger partial charge in [0.15, 0.2) is 0 Å². The molecule has 1 amide bonds. The quantitative estimate of drug-likeness (QED) is 0.694. The molecule has 140 valence electrons. The Morgan fingerprint density at radius 3 is 2.46 bits per heavy atom. The van der Waals surface area contributed by atoms with Gasteiger partial charge in [-0.1, -0.05) is 60.5 Å². The van der Waals surface area contributed by atoms with Crippen molar-refractivity contribution in [1.29, 1.82) is 0 Å². The average Bonchev–Trinajstić information content (AvgIpc) is 2.61. The first-order chi connectivity index (χ1) is 12.3. The van der Waals surface area contributed by atoms with E-state index in [1.807, 2.05) is 37.3 Å². The van der Waals surface area contributed by atoms with E-state index in [4.69, 9.17) is 23.2 Å². The molecule has 0 aliphatic heterocycles. The third-order valence-corrected chi connectivity index (χ3v) is 5.82. The van der Waals surface area contributed by atoms with Gasteiger partial charge in [-0.05, 0) is 36.6 Å². The van der Waals surface area contributed by atoms with Gasteiger partial charge in [-0.25, -0.2) is 8.42 Å². The summed E-state index contributed by atoms with van der Waals surface area (Å²) in [6, 6.07) is 12.4. The monoisotopic (exact) mass is 414 g/mol. The van der Waals surface area contributed by atoms with E-state index in [0.29, 0.717) is 6.54 Å². The maximum atomic E-state index is 12.7. The van der Waals surface area contributed by atoms with E-state index >= 15 is 0 Å². The summed E-state index contributed by atoms with van der Waals surface area (Å²) in [5, 5.41) is 3.00. The Morgan fingerprint density at radius 1 is 1.12 bits per heavy atom. The van der Waals surface area contributed by atoms with Crippen LogP contribution in [0.25, 0.3) is 0 Å². The second kappa shape index (κ2) is 9.37. The SMILES string of the molecule is CCCNC(=O)[C@H](Cc1ccccc1)NS(=O)(=O)c1cc(Cl)ccc1Cl. The zero-order chi connectivity index (χ0) is 19.2. The lowest BCUT2D eigenvalue weighted by Crippen LogP contribution is -2.48. The van der Waals surface area contributed by atoms with Crippen LogP contribution in [0.1, 0.15) is 18.9 Å². The maximum Gasteiger partial charge on any atom is 0.242 e. The lowest BCUT2D eigenvalue weighted by molar-refractivity contribution is -0.122. The highest BCUT2D eigenvalue weighted by Crippen LogP contribution is 2.25. The molecule has 1 atom stereocenters. The van der Waals surface area contributed by atoms with Gasteiger partial charge in [-0.3, -0.25) is 4.79 Å². The van der Waals surface area contributed by atoms with Crippen molar-refractivity contribution in [1.82, 2.24) is 10.0 Å². The van der Waals surface area contributed by atoms with Crippen molar-refractivity contribution in [2.75, 3.05) is 6.54 Å². The fraction of sp³-hybridized carbons (Fsp3) is 0.278. The van der Waals surface area contributed by atoms with Crippen molar-refractivity contribution >= 4 is 39.1 Å². The van der Waals surface area contributed by atoms with Crippen LogP contribution in [0.15, 0.2) is 53.4 Å². The second-order valence-corrected chi connectivity index (χ2v) is 8.26. The molecule has 0 heterocycles. The van der Waals surface area contributed by atoms with Gasteiger partial charge in [0.2, 0.25) is 15.9 Å². The van der Waals surface area contributed by atoms with Crippen LogP contribution in [0.2, 0.25) is 10.0 Å². The summed E-state index contributed by atoms with van der Waals surface area (Å²) < 4.78 is 28.0. The molecule has 0 saturated carbocycles. The standard InChI is InChI=1S/C18H20Cl2N2O3S/c1-2-10-21-18(23)16(11-13-6-4-3-5-7-13)22-26(24,25)17-12-14(19)8-9-15(17)20/h3-9,12,16,22H,2,10-11H2,1H3,(H,21,23)/t16-/m0/s1. The van der Waals surface area contributed by atoms with Gasteiger partial charge in [0.25, 0.3) is 0 Å². The molecule has 0 bridgehead atoms. The molecule has 5 nitrogen and oxygen atoms in total. The molecular formula is C18H20Cl2N2O3S. The van der Waals surface area contributed by atoms with E-state index in [1.54, 1.807) is 0 Å². The molecule has 0 spiro atoms. The number of rotatable bonds is 8. The predicted molar refractivity (Wildman–Crippen MR) is 104 cm³/mol. The zero-order valence-corrected chi connectivity index (χ0v) is 16.5. The smallest absolute Gasteiger partial charge is 0.242 e. The van der Waals surface area contributed by atoms with Gasteiger partial charge in [-0.15, -0.1) is 0 Å². The van der Waals surface area contributed by atoms with Gasteiger partial charge in [0, 0.05) is 11.6 Å². The van der Waals surface area contributed by atoms with E-state index in [-0.39, 0.29) is 21.4 Å². The molecule has 2 N–H and O–H groups in total. The molecule has 2 aromatic rings. The highest BCUT2D eigenvalue weighted by molar-refractivity contribution is 7.89. The minimum absolute atomic E-state index is 0.0364. The number of hydrogen-bond donors (Lipinski definition) is 2. The van der Waals surface area contributed by atoms with E-state index < -0.39 is 22.0 Å². The van der Waals surface area contributed by atoms with Crippen molar-refractivity contribution in [2.45, 2.75) is 30.7 Å². The van der Waals surface area contributed by atoms with E-state index in [1.165, 1.54) is 18.2 Å². The summed E-state index contributed by atoms with van der Waals surface area (Å²) in [7, 11) is -4.03. The van der Waals surface area contributed by atoms with Crippen molar-refractivity contribution in [3.63, 3.8) is 0 Å².